The average molecular weight is 683 g/mol. The first-order chi connectivity index (χ1) is 22.9. The number of carbonyl (C=O) groups excluding carboxylic acids is 3. The fourth-order valence-corrected chi connectivity index (χ4v) is 5.63. The van der Waals surface area contributed by atoms with E-state index >= 15 is 0 Å². The van der Waals surface area contributed by atoms with Gasteiger partial charge >= 0.3 is 12.3 Å². The average Bonchev–Trinajstić information content (AvgIpc) is 3.05. The van der Waals surface area contributed by atoms with Crippen molar-refractivity contribution in [3.63, 3.8) is 0 Å². The molecule has 4 aromatic rings. The van der Waals surface area contributed by atoms with Crippen LogP contribution in [0.25, 0.3) is 0 Å². The Bertz CT molecular complexity index is 1850. The molecule has 0 aliphatic heterocycles. The van der Waals surface area contributed by atoms with Crippen molar-refractivity contribution < 1.29 is 40.7 Å². The Labute approximate surface area is 275 Å². The lowest BCUT2D eigenvalue weighted by atomic mass is 10.1. The van der Waals surface area contributed by atoms with Gasteiger partial charge in [0.15, 0.2) is 0 Å². The van der Waals surface area contributed by atoms with Crippen LogP contribution in [-0.2, 0) is 32.3 Å². The zero-order chi connectivity index (χ0) is 34.7. The van der Waals surface area contributed by atoms with Gasteiger partial charge in [-0.25, -0.2) is 17.9 Å². The maximum Gasteiger partial charge on any atom is 0.416 e. The summed E-state index contributed by atoms with van der Waals surface area (Å²) in [5.74, 6) is -1.43. The lowest BCUT2D eigenvalue weighted by Crippen LogP contribution is -2.31. The lowest BCUT2D eigenvalue weighted by Gasteiger charge is -2.16. The highest BCUT2D eigenvalue weighted by Crippen LogP contribution is 2.32. The molecular weight excluding hydrogens is 649 g/mol. The molecule has 4 aromatic carbocycles. The maximum absolute atomic E-state index is 13.4. The van der Waals surface area contributed by atoms with Crippen LogP contribution >= 0.6 is 0 Å². The first kappa shape index (κ1) is 35.5. The summed E-state index contributed by atoms with van der Waals surface area (Å²) < 4.78 is 72.6. The molecule has 0 aliphatic rings. The minimum Gasteiger partial charge on any atom is -0.444 e. The Morgan fingerprint density at radius 1 is 0.771 bits per heavy atom. The van der Waals surface area contributed by atoms with Gasteiger partial charge in [-0.1, -0.05) is 62.2 Å². The number of benzene rings is 4. The fourth-order valence-electron chi connectivity index (χ4n) is 4.46. The number of hydrogen-bond acceptors (Lipinski definition) is 7. The highest BCUT2D eigenvalue weighted by Gasteiger charge is 2.30. The number of para-hydroxylation sites is 1. The molecule has 0 aromatic heterocycles. The van der Waals surface area contributed by atoms with Crippen molar-refractivity contribution >= 4 is 50.7 Å². The number of halogens is 3. The predicted octanol–water partition coefficient (Wildman–Crippen LogP) is 7.84. The number of unbranched alkanes of at least 4 members (excludes halogenated alkanes) is 2. The van der Waals surface area contributed by atoms with Gasteiger partial charge in [-0.05, 0) is 66.6 Å². The van der Waals surface area contributed by atoms with E-state index in [0.29, 0.717) is 6.42 Å². The highest BCUT2D eigenvalue weighted by molar-refractivity contribution is 7.90. The zero-order valence-electron chi connectivity index (χ0n) is 25.8. The summed E-state index contributed by atoms with van der Waals surface area (Å²) >= 11 is 0. The van der Waals surface area contributed by atoms with Crippen LogP contribution in [0, 0.1) is 0 Å². The van der Waals surface area contributed by atoms with Crippen molar-refractivity contribution in [2.45, 2.75) is 50.3 Å². The molecule has 0 bridgehead atoms. The molecule has 0 spiro atoms. The van der Waals surface area contributed by atoms with Crippen LogP contribution < -0.4 is 20.7 Å². The van der Waals surface area contributed by atoms with Gasteiger partial charge in [-0.15, -0.1) is 0 Å². The van der Waals surface area contributed by atoms with Gasteiger partial charge in [0.2, 0.25) is 5.91 Å². The van der Waals surface area contributed by atoms with Crippen molar-refractivity contribution in [3.8, 4) is 0 Å². The second-order valence-corrected chi connectivity index (χ2v) is 12.2. The van der Waals surface area contributed by atoms with Crippen LogP contribution in [0.5, 0.6) is 0 Å². The Kier molecular flexibility index (Phi) is 11.8. The monoisotopic (exact) mass is 682 g/mol. The van der Waals surface area contributed by atoms with Crippen molar-refractivity contribution in [1.82, 2.24) is 4.72 Å². The summed E-state index contributed by atoms with van der Waals surface area (Å²) in [5, 5.41) is 8.00. The standard InChI is InChI=1S/C34H33F3N4O6S/c1-2-3-5-14-31(42)41-48(45,46)30-13-9-8-12-28(30)39-32(43)24-15-20-27(38-26-18-16-25(17-19-26)34(35,36)37)29(21-24)40-33(44)47-22-23-10-6-4-7-11-23/h4,6-13,15-21,38H,2-3,5,14,22H2,1H3,(H,39,43)(H,40,44)(H,41,42). The van der Waals surface area contributed by atoms with Gasteiger partial charge in [0.1, 0.15) is 11.5 Å². The zero-order valence-corrected chi connectivity index (χ0v) is 26.6. The van der Waals surface area contributed by atoms with E-state index in [0.717, 1.165) is 30.5 Å². The van der Waals surface area contributed by atoms with Crippen LogP contribution in [-0.4, -0.2) is 26.3 Å². The maximum atomic E-state index is 13.4. The van der Waals surface area contributed by atoms with E-state index in [1.54, 1.807) is 30.3 Å². The molecule has 0 unspecified atom stereocenters. The summed E-state index contributed by atoms with van der Waals surface area (Å²) in [4.78, 5) is 38.1. The van der Waals surface area contributed by atoms with Crippen molar-refractivity contribution in [2.75, 3.05) is 16.0 Å². The molecular formula is C34H33F3N4O6S. The number of alkyl halides is 3. The smallest absolute Gasteiger partial charge is 0.416 e. The Morgan fingerprint density at radius 2 is 1.46 bits per heavy atom. The van der Waals surface area contributed by atoms with Crippen molar-refractivity contribution in [1.29, 1.82) is 0 Å². The van der Waals surface area contributed by atoms with Crippen molar-refractivity contribution in [2.24, 2.45) is 0 Å². The van der Waals surface area contributed by atoms with Gasteiger partial charge in [0.05, 0.1) is 22.6 Å². The summed E-state index contributed by atoms with van der Waals surface area (Å²) in [5.41, 5.74) is 0.285. The second kappa shape index (κ2) is 16.0. The minimum absolute atomic E-state index is 0.0119. The Hall–Kier alpha value is -5.37. The molecule has 0 atom stereocenters. The van der Waals surface area contributed by atoms with E-state index in [-0.39, 0.29) is 46.2 Å². The molecule has 3 amide bonds. The normalized spacial score (nSPS) is 11.3. The largest absolute Gasteiger partial charge is 0.444 e. The molecule has 0 heterocycles. The predicted molar refractivity (Wildman–Crippen MR) is 175 cm³/mol. The van der Waals surface area contributed by atoms with Crippen LogP contribution in [0.15, 0.2) is 102 Å². The SMILES string of the molecule is CCCCCC(=O)NS(=O)(=O)c1ccccc1NC(=O)c1ccc(Nc2ccc(C(F)(F)F)cc2)c(NC(=O)OCc2ccccc2)c1. The molecule has 0 fully saturated rings. The fraction of sp³-hybridized carbons (Fsp3) is 0.206. The van der Waals surface area contributed by atoms with Crippen molar-refractivity contribution in [3.05, 3.63) is 114 Å². The van der Waals surface area contributed by atoms with Gasteiger partial charge in [0, 0.05) is 17.7 Å². The van der Waals surface area contributed by atoms with E-state index in [1.807, 2.05) is 11.6 Å². The van der Waals surface area contributed by atoms with Gasteiger partial charge < -0.3 is 15.4 Å². The van der Waals surface area contributed by atoms with Gasteiger partial charge in [-0.3, -0.25) is 14.9 Å². The summed E-state index contributed by atoms with van der Waals surface area (Å²) in [6.07, 6.45) is -3.24. The van der Waals surface area contributed by atoms with E-state index in [4.69, 9.17) is 4.74 Å². The Balaban J connectivity index is 1.57. The molecule has 0 saturated carbocycles. The number of amides is 3. The number of sulfonamides is 1. The number of hydrogen-bond donors (Lipinski definition) is 4. The van der Waals surface area contributed by atoms with Crippen LogP contribution in [0.3, 0.4) is 0 Å². The van der Waals surface area contributed by atoms with Crippen LogP contribution in [0.4, 0.5) is 40.7 Å². The summed E-state index contributed by atoms with van der Waals surface area (Å²) in [6, 6.07) is 22.7. The summed E-state index contributed by atoms with van der Waals surface area (Å²) in [7, 11) is -4.33. The molecule has 0 radical (unpaired) electrons. The molecule has 10 nitrogen and oxygen atoms in total. The van der Waals surface area contributed by atoms with E-state index in [9.17, 15) is 36.0 Å². The highest BCUT2D eigenvalue weighted by atomic mass is 32.2. The number of nitrogens with one attached hydrogen (secondary N) is 4. The summed E-state index contributed by atoms with van der Waals surface area (Å²) in [6.45, 7) is 1.89. The first-order valence-electron chi connectivity index (χ1n) is 14.9. The quantitative estimate of drug-likeness (QED) is 0.105. The molecule has 0 aliphatic carbocycles. The van der Waals surface area contributed by atoms with Gasteiger partial charge in [0.25, 0.3) is 15.9 Å². The van der Waals surface area contributed by atoms with E-state index in [1.165, 1.54) is 54.6 Å². The second-order valence-electron chi connectivity index (χ2n) is 10.6. The molecule has 252 valence electrons. The Morgan fingerprint density at radius 3 is 2.15 bits per heavy atom. The van der Waals surface area contributed by atoms with E-state index in [2.05, 4.69) is 16.0 Å². The number of carbonyl (C=O) groups is 3. The van der Waals surface area contributed by atoms with Gasteiger partial charge in [-0.2, -0.15) is 13.2 Å². The molecule has 48 heavy (non-hydrogen) atoms. The third-order valence-electron chi connectivity index (χ3n) is 6.90. The first-order valence-corrected chi connectivity index (χ1v) is 16.4. The van der Waals surface area contributed by atoms with Crippen LogP contribution in [0.2, 0.25) is 0 Å². The number of rotatable bonds is 13. The van der Waals surface area contributed by atoms with Crippen LogP contribution in [0.1, 0.15) is 54.1 Å². The lowest BCUT2D eigenvalue weighted by molar-refractivity contribution is -0.137. The number of ether oxygens (including phenoxy) is 1. The van der Waals surface area contributed by atoms with E-state index < -0.39 is 39.7 Å². The molecule has 4 N–H and O–H groups in total. The molecule has 14 heteroatoms. The molecule has 0 saturated heterocycles. The third kappa shape index (κ3) is 10.1. The molecule has 4 rings (SSSR count). The minimum atomic E-state index is -4.53. The third-order valence-corrected chi connectivity index (χ3v) is 8.33. The number of anilines is 4. The topological polar surface area (TPSA) is 143 Å².